The van der Waals surface area contributed by atoms with Gasteiger partial charge in [0.2, 0.25) is 5.91 Å². The number of halogens is 1. The van der Waals surface area contributed by atoms with Crippen LogP contribution in [0, 0.1) is 17.1 Å². The maximum Gasteiger partial charge on any atom is 0.239 e. The quantitative estimate of drug-likeness (QED) is 0.715. The Morgan fingerprint density at radius 2 is 1.91 bits per heavy atom. The number of nitrogens with zero attached hydrogens (tertiary/aromatic N) is 4. The Kier molecular flexibility index (Phi) is 6.47. The Bertz CT molecular complexity index is 1020. The number of fused-ring (bicyclic) bond motifs is 1. The van der Waals surface area contributed by atoms with Crippen LogP contribution in [0.3, 0.4) is 0 Å². The highest BCUT2D eigenvalue weighted by Crippen LogP contribution is 2.31. The van der Waals surface area contributed by atoms with E-state index in [1.54, 1.807) is 24.1 Å². The number of para-hydroxylation sites is 2. The van der Waals surface area contributed by atoms with Gasteiger partial charge >= 0.3 is 0 Å². The lowest BCUT2D eigenvalue weighted by atomic mass is 10.1. The minimum Gasteiger partial charge on any atom is -0.486 e. The molecule has 0 aromatic heterocycles. The van der Waals surface area contributed by atoms with Crippen LogP contribution in [-0.4, -0.2) is 74.2 Å². The van der Waals surface area contributed by atoms with Crippen molar-refractivity contribution >= 4 is 11.6 Å². The number of ether oxygens (including phenoxy) is 2. The summed E-state index contributed by atoms with van der Waals surface area (Å²) in [5, 5.41) is 9.30. The van der Waals surface area contributed by atoms with Crippen molar-refractivity contribution in [2.75, 3.05) is 51.3 Å². The Hall–Kier alpha value is -3.31. The van der Waals surface area contributed by atoms with E-state index >= 15 is 0 Å². The molecule has 168 valence electrons. The number of anilines is 1. The summed E-state index contributed by atoms with van der Waals surface area (Å²) >= 11 is 0. The third kappa shape index (κ3) is 4.48. The van der Waals surface area contributed by atoms with Crippen molar-refractivity contribution in [1.29, 1.82) is 5.26 Å². The van der Waals surface area contributed by atoms with Gasteiger partial charge in [-0.3, -0.25) is 9.69 Å². The molecule has 1 saturated heterocycles. The number of benzene rings is 2. The second-order valence-corrected chi connectivity index (χ2v) is 8.16. The van der Waals surface area contributed by atoms with E-state index in [4.69, 9.17) is 9.47 Å². The fraction of sp³-hybridized carbons (Fsp3) is 0.417. The highest BCUT2D eigenvalue weighted by molar-refractivity contribution is 5.81. The number of likely N-dealkylation sites (N-methyl/N-ethyl adjacent to an activating group) is 1. The fourth-order valence-corrected chi connectivity index (χ4v) is 4.26. The van der Waals surface area contributed by atoms with E-state index in [1.165, 1.54) is 6.07 Å². The van der Waals surface area contributed by atoms with Gasteiger partial charge in [-0.05, 0) is 31.2 Å². The molecule has 4 rings (SSSR count). The molecule has 2 heterocycles. The van der Waals surface area contributed by atoms with Gasteiger partial charge in [0.15, 0.2) is 17.6 Å². The molecule has 2 unspecified atom stereocenters. The largest absolute Gasteiger partial charge is 0.486 e. The van der Waals surface area contributed by atoms with Crippen LogP contribution in [0.5, 0.6) is 11.5 Å². The molecule has 2 aliphatic rings. The monoisotopic (exact) mass is 438 g/mol. The summed E-state index contributed by atoms with van der Waals surface area (Å²) in [6, 6.07) is 13.9. The van der Waals surface area contributed by atoms with E-state index in [0.29, 0.717) is 50.8 Å². The molecule has 7 nitrogen and oxygen atoms in total. The van der Waals surface area contributed by atoms with Gasteiger partial charge < -0.3 is 19.3 Å². The fourth-order valence-electron chi connectivity index (χ4n) is 4.26. The minimum atomic E-state index is -0.505. The molecule has 0 N–H and O–H groups in total. The smallest absolute Gasteiger partial charge is 0.239 e. The Morgan fingerprint density at radius 3 is 2.62 bits per heavy atom. The molecule has 2 aromatic rings. The van der Waals surface area contributed by atoms with Gasteiger partial charge in [-0.1, -0.05) is 18.2 Å². The van der Waals surface area contributed by atoms with Crippen LogP contribution in [0.2, 0.25) is 0 Å². The molecule has 0 saturated carbocycles. The third-order valence-electron chi connectivity index (χ3n) is 6.08. The topological polar surface area (TPSA) is 69.0 Å². The molecule has 0 bridgehead atoms. The summed E-state index contributed by atoms with van der Waals surface area (Å²) in [7, 11) is 1.78. The molecule has 2 aliphatic heterocycles. The zero-order valence-corrected chi connectivity index (χ0v) is 18.3. The minimum absolute atomic E-state index is 0.0179. The van der Waals surface area contributed by atoms with Gasteiger partial charge in [-0.15, -0.1) is 0 Å². The Morgan fingerprint density at radius 1 is 1.19 bits per heavy atom. The van der Waals surface area contributed by atoms with Crippen LogP contribution in [0.25, 0.3) is 0 Å². The number of hydrogen-bond donors (Lipinski definition) is 0. The SMILES string of the molecule is CC(C(=O)N(C)CC1COc2ccccc2O1)N1CCN(c2cccc(F)c2C#N)CC1. The number of carbonyl (C=O) groups excluding carboxylic acids is 1. The second kappa shape index (κ2) is 9.45. The lowest BCUT2D eigenvalue weighted by Gasteiger charge is -2.40. The van der Waals surface area contributed by atoms with Gasteiger partial charge in [-0.25, -0.2) is 4.39 Å². The van der Waals surface area contributed by atoms with Crippen molar-refractivity contribution in [3.8, 4) is 17.6 Å². The van der Waals surface area contributed by atoms with Crippen LogP contribution in [-0.2, 0) is 4.79 Å². The predicted octanol–water partition coefficient (Wildman–Crippen LogP) is 2.51. The summed E-state index contributed by atoms with van der Waals surface area (Å²) in [6.07, 6.45) is -0.222. The molecule has 0 spiro atoms. The summed E-state index contributed by atoms with van der Waals surface area (Å²) in [5.41, 5.74) is 0.680. The molecule has 0 radical (unpaired) electrons. The number of hydrogen-bond acceptors (Lipinski definition) is 6. The molecule has 8 heteroatoms. The number of piperazine rings is 1. The molecule has 32 heavy (non-hydrogen) atoms. The standard InChI is InChI=1S/C24H27FN4O3/c1-17(24(30)27(2)15-18-16-31-22-8-3-4-9-23(22)32-18)28-10-12-29(13-11-28)21-7-5-6-20(25)19(21)14-26/h3-9,17-18H,10-13,15-16H2,1-2H3. The zero-order chi connectivity index (χ0) is 22.7. The van der Waals surface area contributed by atoms with E-state index in [2.05, 4.69) is 4.90 Å². The highest BCUT2D eigenvalue weighted by atomic mass is 19.1. The summed E-state index contributed by atoms with van der Waals surface area (Å²) in [5.74, 6) is 0.934. The molecular formula is C24H27FN4O3. The van der Waals surface area contributed by atoms with Crippen molar-refractivity contribution in [1.82, 2.24) is 9.80 Å². The maximum absolute atomic E-state index is 14.0. The zero-order valence-electron chi connectivity index (χ0n) is 18.3. The predicted molar refractivity (Wildman–Crippen MR) is 118 cm³/mol. The van der Waals surface area contributed by atoms with Gasteiger partial charge in [0, 0.05) is 33.2 Å². The van der Waals surface area contributed by atoms with Crippen molar-refractivity contribution in [2.45, 2.75) is 19.1 Å². The molecule has 2 atom stereocenters. The maximum atomic E-state index is 14.0. The second-order valence-electron chi connectivity index (χ2n) is 8.16. The van der Waals surface area contributed by atoms with Crippen molar-refractivity contribution in [3.05, 3.63) is 53.8 Å². The molecular weight excluding hydrogens is 411 g/mol. The van der Waals surface area contributed by atoms with Crippen LogP contribution < -0.4 is 14.4 Å². The molecule has 2 aromatic carbocycles. The van der Waals surface area contributed by atoms with E-state index in [-0.39, 0.29) is 23.6 Å². The number of amides is 1. The van der Waals surface area contributed by atoms with Gasteiger partial charge in [0.05, 0.1) is 18.3 Å². The first-order valence-corrected chi connectivity index (χ1v) is 10.8. The summed E-state index contributed by atoms with van der Waals surface area (Å²) in [4.78, 5) is 18.9. The average Bonchev–Trinajstić information content (AvgIpc) is 2.83. The summed E-state index contributed by atoms with van der Waals surface area (Å²) < 4.78 is 25.7. The van der Waals surface area contributed by atoms with Crippen LogP contribution >= 0.6 is 0 Å². The molecule has 0 aliphatic carbocycles. The molecule has 1 fully saturated rings. The van der Waals surface area contributed by atoms with Crippen molar-refractivity contribution in [3.63, 3.8) is 0 Å². The van der Waals surface area contributed by atoms with Gasteiger partial charge in [0.1, 0.15) is 24.1 Å². The lowest BCUT2D eigenvalue weighted by Crippen LogP contribution is -2.55. The van der Waals surface area contributed by atoms with Crippen molar-refractivity contribution < 1.29 is 18.7 Å². The first kappa shape index (κ1) is 21.9. The van der Waals surface area contributed by atoms with Crippen LogP contribution in [0.4, 0.5) is 10.1 Å². The van der Waals surface area contributed by atoms with E-state index in [1.807, 2.05) is 42.2 Å². The van der Waals surface area contributed by atoms with Crippen molar-refractivity contribution in [2.24, 2.45) is 0 Å². The van der Waals surface area contributed by atoms with E-state index in [9.17, 15) is 14.4 Å². The Labute approximate surface area is 187 Å². The highest BCUT2D eigenvalue weighted by Gasteiger charge is 2.30. The number of nitriles is 1. The average molecular weight is 439 g/mol. The lowest BCUT2D eigenvalue weighted by molar-refractivity contribution is -0.136. The van der Waals surface area contributed by atoms with Gasteiger partial charge in [0.25, 0.3) is 0 Å². The van der Waals surface area contributed by atoms with E-state index < -0.39 is 5.82 Å². The first-order chi connectivity index (χ1) is 15.5. The first-order valence-electron chi connectivity index (χ1n) is 10.8. The normalized spacial score (nSPS) is 19.2. The summed E-state index contributed by atoms with van der Waals surface area (Å²) in [6.45, 7) is 5.29. The molecule has 1 amide bonds. The van der Waals surface area contributed by atoms with Crippen LogP contribution in [0.1, 0.15) is 12.5 Å². The number of rotatable bonds is 5. The Balaban J connectivity index is 1.31. The van der Waals surface area contributed by atoms with E-state index in [0.717, 1.165) is 5.75 Å². The number of carbonyl (C=O) groups is 1. The third-order valence-corrected chi connectivity index (χ3v) is 6.08. The van der Waals surface area contributed by atoms with Crippen LogP contribution in [0.15, 0.2) is 42.5 Å². The van der Waals surface area contributed by atoms with Gasteiger partial charge in [-0.2, -0.15) is 5.26 Å².